The summed E-state index contributed by atoms with van der Waals surface area (Å²) in [5, 5.41) is 0. The van der Waals surface area contributed by atoms with Gasteiger partial charge in [-0.05, 0) is 54.2 Å². The van der Waals surface area contributed by atoms with Crippen LogP contribution in [0.3, 0.4) is 0 Å². The molecule has 0 bridgehead atoms. The number of halogens is 1. The Morgan fingerprint density at radius 3 is 2.43 bits per heavy atom. The smallest absolute Gasteiger partial charge is 0.341 e. The zero-order valence-electron chi connectivity index (χ0n) is 18.4. The Morgan fingerprint density at radius 1 is 1.07 bits per heavy atom. The number of benzene rings is 2. The molecule has 2 atom stereocenters. The maximum Gasteiger partial charge on any atom is 0.341 e. The molecule has 1 heterocycles. The van der Waals surface area contributed by atoms with Crippen LogP contribution in [-0.4, -0.2) is 12.1 Å². The lowest BCUT2D eigenvalue weighted by Crippen LogP contribution is -2.26. The van der Waals surface area contributed by atoms with E-state index in [1.807, 2.05) is 25.1 Å². The molecule has 2 aromatic carbocycles. The lowest BCUT2D eigenvalue weighted by Gasteiger charge is -2.32. The Kier molecular flexibility index (Phi) is 6.26. The van der Waals surface area contributed by atoms with Crippen molar-refractivity contribution in [2.75, 3.05) is 0 Å². The maximum absolute atomic E-state index is 15.2. The van der Waals surface area contributed by atoms with Crippen molar-refractivity contribution in [3.05, 3.63) is 58.9 Å². The Balaban J connectivity index is 1.50. The number of esters is 1. The van der Waals surface area contributed by atoms with Crippen LogP contribution >= 0.6 is 0 Å². The highest BCUT2D eigenvalue weighted by atomic mass is 19.1. The number of fused-ring (bicyclic) bond motifs is 1. The van der Waals surface area contributed by atoms with E-state index >= 15 is 4.39 Å². The number of rotatable bonds is 5. The molecule has 0 amide bonds. The number of ether oxygens (including phenoxy) is 1. The molecule has 1 fully saturated rings. The van der Waals surface area contributed by atoms with Gasteiger partial charge in [0.1, 0.15) is 11.9 Å². The van der Waals surface area contributed by atoms with E-state index in [0.717, 1.165) is 23.0 Å². The van der Waals surface area contributed by atoms with Gasteiger partial charge in [-0.3, -0.25) is 0 Å². The Bertz CT molecular complexity index is 894. The molecule has 3 heteroatoms. The molecule has 0 N–H and O–H groups in total. The fraction of sp³-hybridized carbons (Fsp3) is 0.519. The van der Waals surface area contributed by atoms with Crippen molar-refractivity contribution < 1.29 is 13.9 Å². The standard InChI is InChI=1S/C27H33FO2/c1-4-5-19-6-8-20(9-7-19)18(3)21-10-12-22(13-11-21)24-15-14-23-16-17(2)30-27(29)25(23)26(24)28/h10-15,17-20H,4-9,16H2,1-3H3. The molecule has 0 aromatic heterocycles. The van der Waals surface area contributed by atoms with Crippen LogP contribution in [0.1, 0.15) is 86.7 Å². The normalized spacial score (nSPS) is 24.8. The third-order valence-electron chi connectivity index (χ3n) is 7.29. The second-order valence-electron chi connectivity index (χ2n) is 9.36. The van der Waals surface area contributed by atoms with E-state index in [4.69, 9.17) is 4.74 Å². The zero-order valence-corrected chi connectivity index (χ0v) is 18.4. The van der Waals surface area contributed by atoms with E-state index in [2.05, 4.69) is 26.0 Å². The fourth-order valence-corrected chi connectivity index (χ4v) is 5.45. The minimum atomic E-state index is -0.549. The molecule has 2 unspecified atom stereocenters. The largest absolute Gasteiger partial charge is 0.459 e. The van der Waals surface area contributed by atoms with Gasteiger partial charge in [-0.2, -0.15) is 0 Å². The lowest BCUT2D eigenvalue weighted by molar-refractivity contribution is 0.0294. The quantitative estimate of drug-likeness (QED) is 0.485. The van der Waals surface area contributed by atoms with Gasteiger partial charge in [0.15, 0.2) is 0 Å². The number of carbonyl (C=O) groups excluding carboxylic acids is 1. The average molecular weight is 409 g/mol. The van der Waals surface area contributed by atoms with Crippen molar-refractivity contribution in [1.29, 1.82) is 0 Å². The maximum atomic E-state index is 15.2. The summed E-state index contributed by atoms with van der Waals surface area (Å²) in [6.07, 6.45) is 8.37. The van der Waals surface area contributed by atoms with Crippen molar-refractivity contribution in [1.82, 2.24) is 0 Å². The van der Waals surface area contributed by atoms with Gasteiger partial charge in [-0.25, -0.2) is 9.18 Å². The first-order valence-corrected chi connectivity index (χ1v) is 11.6. The van der Waals surface area contributed by atoms with E-state index in [9.17, 15) is 4.79 Å². The van der Waals surface area contributed by atoms with Crippen molar-refractivity contribution in [2.24, 2.45) is 11.8 Å². The summed E-state index contributed by atoms with van der Waals surface area (Å²) in [6, 6.07) is 11.9. The molecule has 1 aliphatic heterocycles. The first-order valence-electron chi connectivity index (χ1n) is 11.6. The van der Waals surface area contributed by atoms with Gasteiger partial charge >= 0.3 is 5.97 Å². The molecule has 0 radical (unpaired) electrons. The summed E-state index contributed by atoms with van der Waals surface area (Å²) in [5.41, 5.74) is 3.45. The predicted octanol–water partition coefficient (Wildman–Crippen LogP) is 7.30. The molecule has 30 heavy (non-hydrogen) atoms. The van der Waals surface area contributed by atoms with Crippen LogP contribution < -0.4 is 0 Å². The van der Waals surface area contributed by atoms with Gasteiger partial charge in [0.2, 0.25) is 0 Å². The van der Waals surface area contributed by atoms with Crippen LogP contribution in [-0.2, 0) is 11.2 Å². The lowest BCUT2D eigenvalue weighted by atomic mass is 9.73. The van der Waals surface area contributed by atoms with E-state index in [1.165, 1.54) is 44.1 Å². The number of cyclic esters (lactones) is 1. The second-order valence-corrected chi connectivity index (χ2v) is 9.36. The summed E-state index contributed by atoms with van der Waals surface area (Å²) in [4.78, 5) is 12.2. The van der Waals surface area contributed by atoms with E-state index in [1.54, 1.807) is 6.07 Å². The summed E-state index contributed by atoms with van der Waals surface area (Å²) in [5.74, 6) is 1.17. The van der Waals surface area contributed by atoms with Crippen LogP contribution in [0.15, 0.2) is 36.4 Å². The number of carbonyl (C=O) groups is 1. The molecule has 1 aliphatic carbocycles. The summed E-state index contributed by atoms with van der Waals surface area (Å²) >= 11 is 0. The highest BCUT2D eigenvalue weighted by Crippen LogP contribution is 2.40. The molecule has 0 spiro atoms. The van der Waals surface area contributed by atoms with Crippen molar-refractivity contribution in [3.63, 3.8) is 0 Å². The van der Waals surface area contributed by atoms with E-state index in [0.29, 0.717) is 17.9 Å². The highest BCUT2D eigenvalue weighted by molar-refractivity contribution is 5.94. The summed E-state index contributed by atoms with van der Waals surface area (Å²) in [6.45, 7) is 6.45. The first kappa shape index (κ1) is 21.1. The molecular weight excluding hydrogens is 375 g/mol. The van der Waals surface area contributed by atoms with Crippen LogP contribution in [0.5, 0.6) is 0 Å². The monoisotopic (exact) mass is 408 g/mol. The number of hydrogen-bond donors (Lipinski definition) is 0. The van der Waals surface area contributed by atoms with Crippen molar-refractivity contribution >= 4 is 5.97 Å². The van der Waals surface area contributed by atoms with Crippen LogP contribution in [0.4, 0.5) is 4.39 Å². The van der Waals surface area contributed by atoms with Gasteiger partial charge in [-0.1, -0.05) is 75.9 Å². The van der Waals surface area contributed by atoms with Crippen LogP contribution in [0.2, 0.25) is 0 Å². The van der Waals surface area contributed by atoms with E-state index in [-0.39, 0.29) is 11.7 Å². The molecule has 2 nitrogen and oxygen atoms in total. The second kappa shape index (κ2) is 8.91. The van der Waals surface area contributed by atoms with E-state index < -0.39 is 11.8 Å². The molecule has 0 saturated heterocycles. The van der Waals surface area contributed by atoms with Gasteiger partial charge < -0.3 is 4.74 Å². The topological polar surface area (TPSA) is 26.3 Å². The Hall–Kier alpha value is -2.16. The zero-order chi connectivity index (χ0) is 21.3. The minimum Gasteiger partial charge on any atom is -0.459 e. The SMILES string of the molecule is CCCC1CCC(C(C)c2ccc(-c3ccc4c(c3F)C(=O)OC(C)C4)cc2)CC1. The molecular formula is C27H33FO2. The van der Waals surface area contributed by atoms with Crippen molar-refractivity contribution in [3.8, 4) is 11.1 Å². The van der Waals surface area contributed by atoms with Crippen LogP contribution in [0.25, 0.3) is 11.1 Å². The minimum absolute atomic E-state index is 0.104. The molecule has 4 rings (SSSR count). The number of hydrogen-bond acceptors (Lipinski definition) is 2. The average Bonchev–Trinajstić information content (AvgIpc) is 2.74. The highest BCUT2D eigenvalue weighted by Gasteiger charge is 2.29. The molecule has 2 aliphatic rings. The third-order valence-corrected chi connectivity index (χ3v) is 7.29. The van der Waals surface area contributed by atoms with Gasteiger partial charge in [0.05, 0.1) is 5.56 Å². The molecule has 2 aromatic rings. The molecule has 160 valence electrons. The van der Waals surface area contributed by atoms with Gasteiger partial charge in [0, 0.05) is 12.0 Å². The third kappa shape index (κ3) is 4.17. The Morgan fingerprint density at radius 2 is 1.77 bits per heavy atom. The molecule has 1 saturated carbocycles. The summed E-state index contributed by atoms with van der Waals surface area (Å²) in [7, 11) is 0. The first-order chi connectivity index (χ1) is 14.5. The predicted molar refractivity (Wildman–Crippen MR) is 119 cm³/mol. The summed E-state index contributed by atoms with van der Waals surface area (Å²) < 4.78 is 20.4. The fourth-order valence-electron chi connectivity index (χ4n) is 5.45. The van der Waals surface area contributed by atoms with Gasteiger partial charge in [-0.15, -0.1) is 0 Å². The van der Waals surface area contributed by atoms with Crippen molar-refractivity contribution in [2.45, 2.75) is 77.7 Å². The Labute approximate surface area is 179 Å². The van der Waals surface area contributed by atoms with Crippen LogP contribution in [0, 0.1) is 17.7 Å². The van der Waals surface area contributed by atoms with Gasteiger partial charge in [0.25, 0.3) is 0 Å².